The van der Waals surface area contributed by atoms with Gasteiger partial charge in [-0.2, -0.15) is 5.10 Å². The highest BCUT2D eigenvalue weighted by atomic mass is 35.5. The number of nitrogens with zero attached hydrogens (tertiary/aromatic N) is 2. The molecule has 1 aromatic carbocycles. The highest BCUT2D eigenvalue weighted by molar-refractivity contribution is 6.31. The fourth-order valence-corrected chi connectivity index (χ4v) is 2.65. The average molecular weight is 264 g/mol. The van der Waals surface area contributed by atoms with Gasteiger partial charge in [-0.3, -0.25) is 4.68 Å². The van der Waals surface area contributed by atoms with Gasteiger partial charge in [-0.25, -0.2) is 0 Å². The predicted octanol–water partition coefficient (Wildman–Crippen LogP) is 3.22. The largest absolute Gasteiger partial charge is 0.319 e. The molecule has 96 valence electrons. The van der Waals surface area contributed by atoms with E-state index >= 15 is 0 Å². The Morgan fingerprint density at radius 3 is 2.50 bits per heavy atom. The zero-order chi connectivity index (χ0) is 13.3. The molecule has 2 N–H and O–H groups in total. The summed E-state index contributed by atoms with van der Waals surface area (Å²) in [5, 5.41) is 4.88. The number of halogens is 1. The van der Waals surface area contributed by atoms with E-state index in [9.17, 15) is 0 Å². The minimum absolute atomic E-state index is 0.235. The van der Waals surface area contributed by atoms with E-state index in [-0.39, 0.29) is 6.04 Å². The van der Waals surface area contributed by atoms with Crippen LogP contribution in [-0.4, -0.2) is 9.78 Å². The van der Waals surface area contributed by atoms with Crippen molar-refractivity contribution in [2.45, 2.75) is 33.4 Å². The smallest absolute Gasteiger partial charge is 0.0837 e. The normalized spacial score (nSPS) is 12.7. The zero-order valence-corrected chi connectivity index (χ0v) is 11.7. The van der Waals surface area contributed by atoms with Crippen LogP contribution in [0, 0.1) is 13.8 Å². The second-order valence-corrected chi connectivity index (χ2v) is 4.88. The van der Waals surface area contributed by atoms with Crippen molar-refractivity contribution in [3.63, 3.8) is 0 Å². The second-order valence-electron chi connectivity index (χ2n) is 4.48. The van der Waals surface area contributed by atoms with Gasteiger partial charge in [0.2, 0.25) is 0 Å². The molecule has 4 heteroatoms. The molecule has 0 amide bonds. The fraction of sp³-hybridized carbons (Fsp3) is 0.357. The molecule has 2 rings (SSSR count). The van der Waals surface area contributed by atoms with E-state index < -0.39 is 0 Å². The molecule has 0 aliphatic heterocycles. The van der Waals surface area contributed by atoms with Gasteiger partial charge in [-0.1, -0.05) is 29.8 Å². The quantitative estimate of drug-likeness (QED) is 0.924. The molecule has 0 fully saturated rings. The Morgan fingerprint density at radius 1 is 1.33 bits per heavy atom. The first-order chi connectivity index (χ1) is 8.56. The van der Waals surface area contributed by atoms with Crippen LogP contribution in [0.2, 0.25) is 5.02 Å². The van der Waals surface area contributed by atoms with E-state index in [1.54, 1.807) is 6.20 Å². The molecule has 0 bridgehead atoms. The Kier molecular flexibility index (Phi) is 3.73. The summed E-state index contributed by atoms with van der Waals surface area (Å²) >= 11 is 6.21. The average Bonchev–Trinajstić information content (AvgIpc) is 2.70. The van der Waals surface area contributed by atoms with Crippen molar-refractivity contribution in [3.8, 4) is 0 Å². The zero-order valence-electron chi connectivity index (χ0n) is 10.9. The van der Waals surface area contributed by atoms with Crippen LogP contribution < -0.4 is 5.73 Å². The van der Waals surface area contributed by atoms with Gasteiger partial charge in [0.1, 0.15) is 0 Å². The summed E-state index contributed by atoms with van der Waals surface area (Å²) in [5.74, 6) is 0. The van der Waals surface area contributed by atoms with E-state index in [1.807, 2.05) is 17.7 Å². The highest BCUT2D eigenvalue weighted by Crippen LogP contribution is 2.30. The lowest BCUT2D eigenvalue weighted by Gasteiger charge is -2.19. The first-order valence-corrected chi connectivity index (χ1v) is 6.47. The highest BCUT2D eigenvalue weighted by Gasteiger charge is 2.20. The van der Waals surface area contributed by atoms with Crippen LogP contribution in [0.5, 0.6) is 0 Å². The maximum atomic E-state index is 6.39. The third kappa shape index (κ3) is 2.16. The molecular weight excluding hydrogens is 246 g/mol. The fourth-order valence-electron chi connectivity index (χ4n) is 2.39. The summed E-state index contributed by atoms with van der Waals surface area (Å²) in [6.45, 7) is 6.94. The van der Waals surface area contributed by atoms with Gasteiger partial charge >= 0.3 is 0 Å². The molecule has 1 unspecified atom stereocenters. The molecule has 3 nitrogen and oxygen atoms in total. The van der Waals surface area contributed by atoms with Crippen molar-refractivity contribution in [2.75, 3.05) is 0 Å². The van der Waals surface area contributed by atoms with E-state index in [1.165, 1.54) is 11.1 Å². The summed E-state index contributed by atoms with van der Waals surface area (Å²) in [5.41, 5.74) is 10.8. The topological polar surface area (TPSA) is 43.8 Å². The van der Waals surface area contributed by atoms with E-state index in [0.717, 1.165) is 17.8 Å². The summed E-state index contributed by atoms with van der Waals surface area (Å²) in [6, 6.07) is 5.95. The molecular formula is C14H18ClN3. The van der Waals surface area contributed by atoms with Gasteiger partial charge in [-0.15, -0.1) is 0 Å². The number of benzene rings is 1. The number of rotatable bonds is 3. The first kappa shape index (κ1) is 13.1. The number of aryl methyl sites for hydroxylation is 3. The van der Waals surface area contributed by atoms with Crippen LogP contribution >= 0.6 is 11.6 Å². The Labute approximate surface area is 113 Å². The van der Waals surface area contributed by atoms with Gasteiger partial charge in [0.25, 0.3) is 0 Å². The molecule has 0 saturated heterocycles. The van der Waals surface area contributed by atoms with Crippen LogP contribution in [0.3, 0.4) is 0 Å². The van der Waals surface area contributed by atoms with Crippen molar-refractivity contribution in [1.82, 2.24) is 9.78 Å². The van der Waals surface area contributed by atoms with Crippen LogP contribution in [-0.2, 0) is 6.54 Å². The Morgan fingerprint density at radius 2 is 1.94 bits per heavy atom. The number of nitrogens with two attached hydrogens (primary N) is 1. The lowest BCUT2D eigenvalue weighted by Crippen LogP contribution is -2.19. The van der Waals surface area contributed by atoms with Crippen molar-refractivity contribution >= 4 is 11.6 Å². The lowest BCUT2D eigenvalue weighted by molar-refractivity contribution is 0.599. The van der Waals surface area contributed by atoms with Crippen LogP contribution in [0.25, 0.3) is 0 Å². The van der Waals surface area contributed by atoms with E-state index in [4.69, 9.17) is 17.3 Å². The molecule has 0 radical (unpaired) electrons. The molecule has 0 spiro atoms. The Balaban J connectivity index is 2.54. The van der Waals surface area contributed by atoms with E-state index in [0.29, 0.717) is 5.02 Å². The maximum absolute atomic E-state index is 6.39. The standard InChI is InChI=1S/C14H18ClN3/c1-4-18-14(11(15)8-17-18)13(16)12-9(2)6-5-7-10(12)3/h5-8,13H,4,16H2,1-3H3. The lowest BCUT2D eigenvalue weighted by atomic mass is 9.94. The Bertz CT molecular complexity index is 540. The van der Waals surface area contributed by atoms with Gasteiger partial charge < -0.3 is 5.73 Å². The molecule has 18 heavy (non-hydrogen) atoms. The number of aromatic nitrogens is 2. The van der Waals surface area contributed by atoms with Crippen molar-refractivity contribution in [1.29, 1.82) is 0 Å². The van der Waals surface area contributed by atoms with Crippen LogP contribution in [0.15, 0.2) is 24.4 Å². The van der Waals surface area contributed by atoms with Gasteiger partial charge in [0.15, 0.2) is 0 Å². The van der Waals surface area contributed by atoms with Gasteiger partial charge in [-0.05, 0) is 37.5 Å². The second kappa shape index (κ2) is 5.12. The third-order valence-electron chi connectivity index (χ3n) is 3.28. The van der Waals surface area contributed by atoms with Crippen LogP contribution in [0.1, 0.15) is 35.3 Å². The Hall–Kier alpha value is -1.32. The molecule has 0 saturated carbocycles. The summed E-state index contributed by atoms with van der Waals surface area (Å²) in [4.78, 5) is 0. The molecule has 0 aliphatic rings. The number of hydrogen-bond donors (Lipinski definition) is 1. The first-order valence-electron chi connectivity index (χ1n) is 6.09. The van der Waals surface area contributed by atoms with E-state index in [2.05, 4.69) is 31.1 Å². The predicted molar refractivity (Wildman–Crippen MR) is 74.9 cm³/mol. The minimum atomic E-state index is -0.235. The maximum Gasteiger partial charge on any atom is 0.0837 e. The number of hydrogen-bond acceptors (Lipinski definition) is 2. The molecule has 0 aliphatic carbocycles. The molecule has 2 aromatic rings. The van der Waals surface area contributed by atoms with Crippen molar-refractivity contribution < 1.29 is 0 Å². The SMILES string of the molecule is CCn1ncc(Cl)c1C(N)c1c(C)cccc1C. The summed E-state index contributed by atoms with van der Waals surface area (Å²) < 4.78 is 1.86. The minimum Gasteiger partial charge on any atom is -0.319 e. The molecule has 1 heterocycles. The molecule has 1 atom stereocenters. The summed E-state index contributed by atoms with van der Waals surface area (Å²) in [7, 11) is 0. The monoisotopic (exact) mass is 263 g/mol. The van der Waals surface area contributed by atoms with Crippen LogP contribution in [0.4, 0.5) is 0 Å². The molecule has 1 aromatic heterocycles. The van der Waals surface area contributed by atoms with Crippen molar-refractivity contribution in [3.05, 3.63) is 51.8 Å². The third-order valence-corrected chi connectivity index (χ3v) is 3.57. The van der Waals surface area contributed by atoms with Gasteiger partial charge in [0, 0.05) is 6.54 Å². The van der Waals surface area contributed by atoms with Crippen molar-refractivity contribution in [2.24, 2.45) is 5.73 Å². The summed E-state index contributed by atoms with van der Waals surface area (Å²) in [6.07, 6.45) is 1.66. The van der Waals surface area contributed by atoms with Gasteiger partial charge in [0.05, 0.1) is 23.0 Å².